The molecule has 7 heteroatoms. The fourth-order valence-electron chi connectivity index (χ4n) is 0.783. The molecule has 0 bridgehead atoms. The van der Waals surface area contributed by atoms with Gasteiger partial charge in [-0.15, -0.1) is 0 Å². The van der Waals surface area contributed by atoms with Crippen LogP contribution >= 0.6 is 0 Å². The second kappa shape index (κ2) is 9.07. The van der Waals surface area contributed by atoms with Crippen LogP contribution in [0.5, 0.6) is 0 Å². The minimum Gasteiger partial charge on any atom is -0.455 e. The number of carbonyl (C=O) groups excluding carboxylic acids is 4. The zero-order valence-electron chi connectivity index (χ0n) is 11.3. The maximum Gasteiger partial charge on any atom is 0.344 e. The zero-order valence-corrected chi connectivity index (χ0v) is 11.3. The molecule has 0 N–H and O–H groups in total. The van der Waals surface area contributed by atoms with Crippen LogP contribution in [-0.4, -0.2) is 43.5 Å². The quantitative estimate of drug-likeness (QED) is 0.462. The summed E-state index contributed by atoms with van der Waals surface area (Å²) in [7, 11) is 0. The Hall–Kier alpha value is -1.92. The summed E-state index contributed by atoms with van der Waals surface area (Å²) in [5.41, 5.74) is 0. The first-order valence-electron chi connectivity index (χ1n) is 5.86. The van der Waals surface area contributed by atoms with E-state index < -0.39 is 31.1 Å². The van der Waals surface area contributed by atoms with E-state index in [4.69, 9.17) is 0 Å². The summed E-state index contributed by atoms with van der Waals surface area (Å²) < 4.78 is 13.6. The predicted molar refractivity (Wildman–Crippen MR) is 63.0 cm³/mol. The van der Waals surface area contributed by atoms with Crippen molar-refractivity contribution in [2.45, 2.75) is 27.2 Å². The van der Waals surface area contributed by atoms with E-state index in [-0.39, 0.29) is 24.7 Å². The molecule has 0 spiro atoms. The van der Waals surface area contributed by atoms with Crippen molar-refractivity contribution in [1.82, 2.24) is 0 Å². The third kappa shape index (κ3) is 8.76. The molecule has 19 heavy (non-hydrogen) atoms. The molecule has 0 aromatic rings. The van der Waals surface area contributed by atoms with Crippen LogP contribution in [0.25, 0.3) is 0 Å². The van der Waals surface area contributed by atoms with E-state index >= 15 is 0 Å². The summed E-state index contributed by atoms with van der Waals surface area (Å²) in [6, 6.07) is 0. The van der Waals surface area contributed by atoms with Gasteiger partial charge in [0, 0.05) is 12.3 Å². The lowest BCUT2D eigenvalue weighted by Gasteiger charge is -2.07. The maximum atomic E-state index is 11.2. The fourth-order valence-corrected chi connectivity index (χ4v) is 0.783. The fraction of sp³-hybridized carbons (Fsp3) is 0.667. The highest BCUT2D eigenvalue weighted by Crippen LogP contribution is 1.95. The second-order valence-corrected chi connectivity index (χ2v) is 3.96. The van der Waals surface area contributed by atoms with E-state index in [0.717, 1.165) is 0 Å². The number of esters is 3. The average Bonchev–Trinajstić information content (AvgIpc) is 2.39. The van der Waals surface area contributed by atoms with Gasteiger partial charge in [0.05, 0.1) is 0 Å². The first-order chi connectivity index (χ1) is 8.86. The zero-order chi connectivity index (χ0) is 14.8. The van der Waals surface area contributed by atoms with Gasteiger partial charge in [-0.2, -0.15) is 0 Å². The Morgan fingerprint density at radius 2 is 1.21 bits per heavy atom. The topological polar surface area (TPSA) is 96.0 Å². The molecular weight excluding hydrogens is 256 g/mol. The van der Waals surface area contributed by atoms with Crippen LogP contribution in [-0.2, 0) is 33.4 Å². The van der Waals surface area contributed by atoms with Gasteiger partial charge in [-0.1, -0.05) is 20.8 Å². The number of ketones is 1. The lowest BCUT2D eigenvalue weighted by molar-refractivity contribution is -0.165. The van der Waals surface area contributed by atoms with E-state index in [1.165, 1.54) is 0 Å². The summed E-state index contributed by atoms with van der Waals surface area (Å²) in [6.45, 7) is 3.42. The van der Waals surface area contributed by atoms with Crippen molar-refractivity contribution in [3.05, 3.63) is 0 Å². The van der Waals surface area contributed by atoms with E-state index in [2.05, 4.69) is 14.2 Å². The molecule has 0 unspecified atom stereocenters. The van der Waals surface area contributed by atoms with Crippen LogP contribution < -0.4 is 0 Å². The number of Topliss-reactive ketones (excluding diaryl/α,β-unsaturated/α-hetero) is 1. The molecule has 0 aromatic carbocycles. The number of rotatable bonds is 8. The Bertz CT molecular complexity index is 346. The highest BCUT2D eigenvalue weighted by molar-refractivity contribution is 5.84. The van der Waals surface area contributed by atoms with E-state index in [1.54, 1.807) is 20.8 Å². The van der Waals surface area contributed by atoms with E-state index in [1.807, 2.05) is 0 Å². The first-order valence-corrected chi connectivity index (χ1v) is 5.86. The lowest BCUT2D eigenvalue weighted by Crippen LogP contribution is -2.24. The van der Waals surface area contributed by atoms with Crippen molar-refractivity contribution in [1.29, 1.82) is 0 Å². The highest BCUT2D eigenvalue weighted by atomic mass is 16.6. The number of hydrogen-bond donors (Lipinski definition) is 0. The summed E-state index contributed by atoms with van der Waals surface area (Å²) in [5, 5.41) is 0. The van der Waals surface area contributed by atoms with Gasteiger partial charge < -0.3 is 14.2 Å². The maximum absolute atomic E-state index is 11.2. The Kier molecular flexibility index (Phi) is 8.15. The van der Waals surface area contributed by atoms with Crippen LogP contribution in [0.1, 0.15) is 27.2 Å². The second-order valence-electron chi connectivity index (χ2n) is 3.96. The highest BCUT2D eigenvalue weighted by Gasteiger charge is 2.13. The largest absolute Gasteiger partial charge is 0.455 e. The van der Waals surface area contributed by atoms with Gasteiger partial charge in [0.25, 0.3) is 0 Å². The van der Waals surface area contributed by atoms with E-state index in [9.17, 15) is 19.2 Å². The molecule has 7 nitrogen and oxygen atoms in total. The number of carbonyl (C=O) groups is 4. The molecule has 108 valence electrons. The summed E-state index contributed by atoms with van der Waals surface area (Å²) in [6.07, 6.45) is 0.145. The summed E-state index contributed by atoms with van der Waals surface area (Å²) in [4.78, 5) is 44.0. The molecule has 0 saturated carbocycles. The molecule has 0 aliphatic heterocycles. The minimum atomic E-state index is -0.853. The van der Waals surface area contributed by atoms with Gasteiger partial charge in [0.1, 0.15) is 6.61 Å². The first kappa shape index (κ1) is 17.1. The molecule has 0 aliphatic carbocycles. The molecule has 0 rings (SSSR count). The summed E-state index contributed by atoms with van der Waals surface area (Å²) >= 11 is 0. The van der Waals surface area contributed by atoms with Gasteiger partial charge >= 0.3 is 17.9 Å². The van der Waals surface area contributed by atoms with Gasteiger partial charge in [-0.25, -0.2) is 9.59 Å². The molecule has 0 amide bonds. The molecule has 0 heterocycles. The van der Waals surface area contributed by atoms with Gasteiger partial charge in [-0.3, -0.25) is 9.59 Å². The normalized spacial score (nSPS) is 9.89. The smallest absolute Gasteiger partial charge is 0.344 e. The van der Waals surface area contributed by atoms with Crippen LogP contribution in [0.4, 0.5) is 0 Å². The van der Waals surface area contributed by atoms with Gasteiger partial charge in [-0.05, 0) is 0 Å². The Balaban J connectivity index is 3.75. The Labute approximate surface area is 111 Å². The van der Waals surface area contributed by atoms with Gasteiger partial charge in [0.15, 0.2) is 19.0 Å². The van der Waals surface area contributed by atoms with Crippen LogP contribution in [0, 0.1) is 5.92 Å². The molecule has 0 fully saturated rings. The molecule has 0 saturated heterocycles. The van der Waals surface area contributed by atoms with Crippen molar-refractivity contribution in [3.63, 3.8) is 0 Å². The Morgan fingerprint density at radius 1 is 0.789 bits per heavy atom. The number of hydrogen-bond acceptors (Lipinski definition) is 7. The van der Waals surface area contributed by atoms with Crippen molar-refractivity contribution in [2.24, 2.45) is 5.92 Å². The molecule has 0 aromatic heterocycles. The Morgan fingerprint density at radius 3 is 1.63 bits per heavy atom. The van der Waals surface area contributed by atoms with Gasteiger partial charge in [0.2, 0.25) is 0 Å². The standard InChI is InChI=1S/C12H18O7/c1-4-10(14)18-6-12(16)19-7-11(15)17-5-9(13)8(2)3/h8H,4-7H2,1-3H3. The monoisotopic (exact) mass is 274 g/mol. The van der Waals surface area contributed by atoms with Crippen molar-refractivity contribution >= 4 is 23.7 Å². The average molecular weight is 274 g/mol. The van der Waals surface area contributed by atoms with E-state index in [0.29, 0.717) is 0 Å². The van der Waals surface area contributed by atoms with Crippen molar-refractivity contribution in [2.75, 3.05) is 19.8 Å². The SMILES string of the molecule is CCC(=O)OCC(=O)OCC(=O)OCC(=O)C(C)C. The molecule has 0 atom stereocenters. The number of ether oxygens (including phenoxy) is 3. The molecule has 0 aliphatic rings. The minimum absolute atomic E-state index is 0.145. The third-order valence-electron chi connectivity index (χ3n) is 2.01. The van der Waals surface area contributed by atoms with Crippen LogP contribution in [0.3, 0.4) is 0 Å². The predicted octanol–water partition coefficient (Wildman–Crippen LogP) is 0.251. The lowest BCUT2D eigenvalue weighted by atomic mass is 10.1. The van der Waals surface area contributed by atoms with Crippen molar-refractivity contribution < 1.29 is 33.4 Å². The van der Waals surface area contributed by atoms with Crippen molar-refractivity contribution in [3.8, 4) is 0 Å². The molecule has 0 radical (unpaired) electrons. The summed E-state index contributed by atoms with van der Waals surface area (Å²) in [5.74, 6) is -2.68. The third-order valence-corrected chi connectivity index (χ3v) is 2.01. The molecular formula is C12H18O7. The van der Waals surface area contributed by atoms with Crippen LogP contribution in [0.15, 0.2) is 0 Å². The van der Waals surface area contributed by atoms with Crippen LogP contribution in [0.2, 0.25) is 0 Å².